The molecule has 1 aliphatic heterocycles. The van der Waals surface area contributed by atoms with E-state index in [9.17, 15) is 14.4 Å². The van der Waals surface area contributed by atoms with E-state index >= 15 is 0 Å². The molecule has 1 atom stereocenters. The summed E-state index contributed by atoms with van der Waals surface area (Å²) in [5, 5.41) is 3.11. The topological polar surface area (TPSA) is 74.1 Å². The third-order valence-corrected chi connectivity index (χ3v) is 5.63. The summed E-state index contributed by atoms with van der Waals surface area (Å²) in [7, 11) is 1.70. The average molecular weight is 375 g/mol. The molecule has 1 aromatic rings. The minimum absolute atomic E-state index is 0.0600. The molecule has 3 rings (SSSR count). The molecule has 7 nitrogen and oxygen atoms in total. The highest BCUT2D eigenvalue weighted by Gasteiger charge is 2.36. The second-order valence-corrected chi connectivity index (χ2v) is 7.70. The number of carbonyl (C=O) groups is 3. The van der Waals surface area contributed by atoms with Gasteiger partial charge >= 0.3 is 5.91 Å². The van der Waals surface area contributed by atoms with E-state index in [1.807, 2.05) is 0 Å². The highest BCUT2D eigenvalue weighted by molar-refractivity contribution is 5.93. The van der Waals surface area contributed by atoms with Gasteiger partial charge in [0.15, 0.2) is 5.76 Å². The predicted octanol–water partition coefficient (Wildman–Crippen LogP) is 2.54. The van der Waals surface area contributed by atoms with Crippen molar-refractivity contribution < 1.29 is 18.8 Å². The number of hydrogen-bond donors (Lipinski definition) is 0. The summed E-state index contributed by atoms with van der Waals surface area (Å²) in [6.45, 7) is 1.42. The van der Waals surface area contributed by atoms with Crippen LogP contribution >= 0.6 is 0 Å². The standard InChI is InChI=1S/C20H29N3O4/c1-21(15-24)14-17(13-16-7-2-3-8-16)19(25)22-10-4-5-11-23(22)20(26)18-9-6-12-27-18/h6,9,12,15-17H,2-5,7-8,10-11,13-14H2,1H3/t17-/m1/s1. The number of furan rings is 1. The molecule has 0 radical (unpaired) electrons. The van der Waals surface area contributed by atoms with E-state index in [2.05, 4.69) is 0 Å². The smallest absolute Gasteiger partial charge is 0.308 e. The number of nitrogens with zero attached hydrogens (tertiary/aromatic N) is 3. The first-order chi connectivity index (χ1) is 13.1. The van der Waals surface area contributed by atoms with E-state index in [4.69, 9.17) is 4.42 Å². The summed E-state index contributed by atoms with van der Waals surface area (Å²) in [5.41, 5.74) is 0. The molecule has 7 heteroatoms. The molecular weight excluding hydrogens is 346 g/mol. The van der Waals surface area contributed by atoms with Crippen molar-refractivity contribution in [3.8, 4) is 0 Å². The molecule has 0 aromatic carbocycles. The lowest BCUT2D eigenvalue weighted by Gasteiger charge is -2.40. The van der Waals surface area contributed by atoms with Crippen LogP contribution in [0.5, 0.6) is 0 Å². The summed E-state index contributed by atoms with van der Waals surface area (Å²) in [4.78, 5) is 38.8. The summed E-state index contributed by atoms with van der Waals surface area (Å²) in [6, 6.07) is 3.29. The zero-order valence-electron chi connectivity index (χ0n) is 16.0. The minimum atomic E-state index is -0.284. The molecule has 1 saturated heterocycles. The van der Waals surface area contributed by atoms with Crippen LogP contribution in [0.3, 0.4) is 0 Å². The third kappa shape index (κ3) is 4.70. The van der Waals surface area contributed by atoms with Gasteiger partial charge in [0, 0.05) is 26.7 Å². The molecule has 1 saturated carbocycles. The maximum atomic E-state index is 13.4. The molecule has 2 fully saturated rings. The first kappa shape index (κ1) is 19.5. The molecule has 1 aromatic heterocycles. The zero-order valence-corrected chi connectivity index (χ0v) is 16.0. The van der Waals surface area contributed by atoms with E-state index < -0.39 is 0 Å². The van der Waals surface area contributed by atoms with Crippen LogP contribution in [0.1, 0.15) is 55.5 Å². The fourth-order valence-electron chi connectivity index (χ4n) is 4.24. The maximum Gasteiger partial charge on any atom is 0.308 e. The highest BCUT2D eigenvalue weighted by atomic mass is 16.3. The summed E-state index contributed by atoms with van der Waals surface area (Å²) < 4.78 is 5.24. The van der Waals surface area contributed by atoms with Crippen LogP contribution in [0.4, 0.5) is 0 Å². The predicted molar refractivity (Wildman–Crippen MR) is 99.5 cm³/mol. The lowest BCUT2D eigenvalue weighted by Crippen LogP contribution is -2.55. The molecule has 0 bridgehead atoms. The SMILES string of the molecule is CN(C=O)C[C@@H](CC1CCCC1)C(=O)N1CCCCN1C(=O)c1ccco1. The third-order valence-electron chi connectivity index (χ3n) is 5.63. The van der Waals surface area contributed by atoms with Crippen molar-refractivity contribution in [2.24, 2.45) is 11.8 Å². The zero-order chi connectivity index (χ0) is 19.2. The highest BCUT2D eigenvalue weighted by Crippen LogP contribution is 2.32. The van der Waals surface area contributed by atoms with Crippen LogP contribution in [0.2, 0.25) is 0 Å². The van der Waals surface area contributed by atoms with Gasteiger partial charge in [0.05, 0.1) is 12.2 Å². The Morgan fingerprint density at radius 2 is 1.93 bits per heavy atom. The monoisotopic (exact) mass is 375 g/mol. The van der Waals surface area contributed by atoms with Gasteiger partial charge in [-0.15, -0.1) is 0 Å². The van der Waals surface area contributed by atoms with E-state index in [-0.39, 0.29) is 23.5 Å². The van der Waals surface area contributed by atoms with Gasteiger partial charge in [0.2, 0.25) is 12.3 Å². The van der Waals surface area contributed by atoms with Gasteiger partial charge in [-0.1, -0.05) is 25.7 Å². The Morgan fingerprint density at radius 1 is 1.22 bits per heavy atom. The van der Waals surface area contributed by atoms with Crippen molar-refractivity contribution in [3.05, 3.63) is 24.2 Å². The Balaban J connectivity index is 1.76. The van der Waals surface area contributed by atoms with Crippen molar-refractivity contribution in [1.82, 2.24) is 14.9 Å². The molecule has 2 aliphatic rings. The van der Waals surface area contributed by atoms with Crippen LogP contribution in [0.25, 0.3) is 0 Å². The number of hydrogen-bond acceptors (Lipinski definition) is 4. The Hall–Kier alpha value is -2.31. The van der Waals surface area contributed by atoms with Crippen molar-refractivity contribution in [3.63, 3.8) is 0 Å². The van der Waals surface area contributed by atoms with Crippen molar-refractivity contribution in [2.75, 3.05) is 26.7 Å². The van der Waals surface area contributed by atoms with Crippen LogP contribution in [0.15, 0.2) is 22.8 Å². The number of amides is 3. The van der Waals surface area contributed by atoms with Gasteiger partial charge in [-0.25, -0.2) is 5.01 Å². The maximum absolute atomic E-state index is 13.4. The van der Waals surface area contributed by atoms with Crippen LogP contribution in [0, 0.1) is 11.8 Å². The lowest BCUT2D eigenvalue weighted by atomic mass is 9.91. The van der Waals surface area contributed by atoms with Crippen LogP contribution < -0.4 is 0 Å². The van der Waals surface area contributed by atoms with Gasteiger partial charge in [-0.05, 0) is 37.3 Å². The molecule has 27 heavy (non-hydrogen) atoms. The lowest BCUT2D eigenvalue weighted by molar-refractivity contribution is -0.154. The van der Waals surface area contributed by atoms with Gasteiger partial charge in [0.25, 0.3) is 0 Å². The normalized spacial score (nSPS) is 19.1. The second kappa shape index (κ2) is 9.06. The molecule has 0 N–H and O–H groups in total. The number of hydrazine groups is 1. The van der Waals surface area contributed by atoms with E-state index in [1.54, 1.807) is 24.2 Å². The number of rotatable bonds is 7. The average Bonchev–Trinajstić information content (AvgIpc) is 3.40. The second-order valence-electron chi connectivity index (χ2n) is 7.70. The van der Waals surface area contributed by atoms with E-state index in [0.717, 1.165) is 38.5 Å². The number of carbonyl (C=O) groups excluding carboxylic acids is 3. The van der Waals surface area contributed by atoms with Gasteiger partial charge in [-0.3, -0.25) is 19.4 Å². The van der Waals surface area contributed by atoms with Crippen molar-refractivity contribution in [2.45, 2.75) is 44.9 Å². The Morgan fingerprint density at radius 3 is 2.56 bits per heavy atom. The van der Waals surface area contributed by atoms with Gasteiger partial charge in [-0.2, -0.15) is 0 Å². The van der Waals surface area contributed by atoms with Gasteiger partial charge < -0.3 is 9.32 Å². The van der Waals surface area contributed by atoms with Crippen molar-refractivity contribution in [1.29, 1.82) is 0 Å². The molecule has 2 heterocycles. The van der Waals surface area contributed by atoms with Crippen LogP contribution in [-0.2, 0) is 9.59 Å². The largest absolute Gasteiger partial charge is 0.459 e. The fraction of sp³-hybridized carbons (Fsp3) is 0.650. The molecule has 0 spiro atoms. The Labute approximate surface area is 160 Å². The van der Waals surface area contributed by atoms with E-state index in [1.165, 1.54) is 29.0 Å². The van der Waals surface area contributed by atoms with Gasteiger partial charge in [0.1, 0.15) is 0 Å². The quantitative estimate of drug-likeness (QED) is 0.687. The first-order valence-electron chi connectivity index (χ1n) is 9.92. The molecule has 3 amide bonds. The summed E-state index contributed by atoms with van der Waals surface area (Å²) in [6.07, 6.45) is 9.43. The first-order valence-corrected chi connectivity index (χ1v) is 9.92. The molecular formula is C20H29N3O4. The molecule has 148 valence electrons. The molecule has 0 unspecified atom stereocenters. The fourth-order valence-corrected chi connectivity index (χ4v) is 4.24. The summed E-state index contributed by atoms with van der Waals surface area (Å²) >= 11 is 0. The van der Waals surface area contributed by atoms with Crippen LogP contribution in [-0.4, -0.2) is 59.8 Å². The van der Waals surface area contributed by atoms with E-state index in [0.29, 0.717) is 25.6 Å². The van der Waals surface area contributed by atoms with Crippen molar-refractivity contribution >= 4 is 18.2 Å². The molecule has 1 aliphatic carbocycles. The Bertz CT molecular complexity index is 640. The Kier molecular flexibility index (Phi) is 6.53. The minimum Gasteiger partial charge on any atom is -0.459 e. The summed E-state index contributed by atoms with van der Waals surface area (Å²) in [5.74, 6) is 0.144.